The number of methoxy groups -OCH3 is 1. The zero-order chi connectivity index (χ0) is 15.6. The predicted octanol–water partition coefficient (Wildman–Crippen LogP) is 2.60. The van der Waals surface area contributed by atoms with Crippen LogP contribution in [0.4, 0.5) is 0 Å². The Morgan fingerprint density at radius 3 is 2.81 bits per heavy atom. The Morgan fingerprint density at radius 1 is 1.57 bits per heavy atom. The molecule has 0 bridgehead atoms. The third-order valence-electron chi connectivity index (χ3n) is 4.79. The highest BCUT2D eigenvalue weighted by atomic mass is 16.5. The maximum absolute atomic E-state index is 13.3. The van der Waals surface area contributed by atoms with Gasteiger partial charge in [0.25, 0.3) is 0 Å². The third kappa shape index (κ3) is 2.71. The van der Waals surface area contributed by atoms with Crippen molar-refractivity contribution in [3.05, 3.63) is 11.9 Å². The molecule has 1 aromatic rings. The summed E-state index contributed by atoms with van der Waals surface area (Å²) in [6.45, 7) is 4.90. The number of carbonyl (C=O) groups is 1. The quantitative estimate of drug-likeness (QED) is 0.783. The number of aryl methyl sites for hydroxylation is 1. The number of nitrogens with zero attached hydrogens (tertiary/aromatic N) is 3. The van der Waals surface area contributed by atoms with Crippen molar-refractivity contribution in [2.75, 3.05) is 21.2 Å². The van der Waals surface area contributed by atoms with Gasteiger partial charge in [0, 0.05) is 6.54 Å². The second kappa shape index (κ2) is 6.18. The Labute approximate surface area is 127 Å². The summed E-state index contributed by atoms with van der Waals surface area (Å²) in [5, 5.41) is 4.28. The molecule has 1 saturated carbocycles. The topological polar surface area (TPSA) is 47.4 Å². The lowest BCUT2D eigenvalue weighted by Gasteiger charge is -2.43. The molecule has 0 saturated heterocycles. The van der Waals surface area contributed by atoms with Gasteiger partial charge >= 0.3 is 0 Å². The predicted molar refractivity (Wildman–Crippen MR) is 82.8 cm³/mol. The van der Waals surface area contributed by atoms with E-state index in [0.717, 1.165) is 19.3 Å². The van der Waals surface area contributed by atoms with E-state index in [9.17, 15) is 4.79 Å². The monoisotopic (exact) mass is 293 g/mol. The van der Waals surface area contributed by atoms with Crippen molar-refractivity contribution in [1.29, 1.82) is 0 Å². The zero-order valence-electron chi connectivity index (χ0n) is 13.8. The molecule has 0 amide bonds. The molecule has 0 N–H and O–H groups in total. The second-order valence-electron chi connectivity index (χ2n) is 6.33. The Balaban J connectivity index is 2.46. The number of Topliss-reactive ketones (excluding diaryl/α,β-unsaturated/α-hetero) is 1. The van der Waals surface area contributed by atoms with Crippen LogP contribution in [-0.2, 0) is 6.54 Å². The van der Waals surface area contributed by atoms with E-state index in [2.05, 4.69) is 16.9 Å². The van der Waals surface area contributed by atoms with Crippen LogP contribution in [0.5, 0.6) is 5.75 Å². The summed E-state index contributed by atoms with van der Waals surface area (Å²) in [5.74, 6) is 1.30. The highest BCUT2D eigenvalue weighted by Crippen LogP contribution is 2.39. The van der Waals surface area contributed by atoms with Gasteiger partial charge in [-0.3, -0.25) is 14.4 Å². The van der Waals surface area contributed by atoms with Crippen LogP contribution in [0.2, 0.25) is 0 Å². The van der Waals surface area contributed by atoms with E-state index in [1.54, 1.807) is 18.0 Å². The summed E-state index contributed by atoms with van der Waals surface area (Å²) >= 11 is 0. The van der Waals surface area contributed by atoms with Crippen LogP contribution in [0, 0.1) is 5.92 Å². The standard InChI is InChI=1S/C16H27N3O2/c1-6-19-14(13(21-5)11-17-19)15(20)16(18(3)4)9-7-8-12(2)10-16/h11-12H,6-10H2,1-5H3. The number of carbonyl (C=O) groups excluding carboxylic acids is 1. The Bertz CT molecular complexity index is 488. The van der Waals surface area contributed by atoms with E-state index in [4.69, 9.17) is 4.74 Å². The first-order valence-electron chi connectivity index (χ1n) is 7.78. The van der Waals surface area contributed by atoms with Gasteiger partial charge < -0.3 is 4.74 Å². The van der Waals surface area contributed by atoms with E-state index in [1.165, 1.54) is 6.42 Å². The molecule has 0 aliphatic heterocycles. The number of ketones is 1. The fourth-order valence-corrected chi connectivity index (χ4v) is 3.55. The van der Waals surface area contributed by atoms with Crippen molar-refractivity contribution in [3.8, 4) is 5.75 Å². The second-order valence-corrected chi connectivity index (χ2v) is 6.33. The minimum atomic E-state index is -0.433. The van der Waals surface area contributed by atoms with Crippen molar-refractivity contribution in [2.24, 2.45) is 5.92 Å². The number of aromatic nitrogens is 2. The van der Waals surface area contributed by atoms with Gasteiger partial charge in [-0.1, -0.05) is 19.8 Å². The zero-order valence-corrected chi connectivity index (χ0v) is 13.8. The van der Waals surface area contributed by atoms with Crippen LogP contribution in [0.15, 0.2) is 6.20 Å². The maximum Gasteiger partial charge on any atom is 0.204 e. The molecule has 5 nitrogen and oxygen atoms in total. The molecule has 5 heteroatoms. The summed E-state index contributed by atoms with van der Waals surface area (Å²) in [5.41, 5.74) is 0.181. The van der Waals surface area contributed by atoms with E-state index in [1.807, 2.05) is 21.0 Å². The lowest BCUT2D eigenvalue weighted by Crippen LogP contribution is -2.54. The van der Waals surface area contributed by atoms with E-state index < -0.39 is 5.54 Å². The van der Waals surface area contributed by atoms with Crippen molar-refractivity contribution in [3.63, 3.8) is 0 Å². The van der Waals surface area contributed by atoms with Gasteiger partial charge in [0.15, 0.2) is 5.75 Å². The van der Waals surface area contributed by atoms with Gasteiger partial charge in [0.1, 0.15) is 5.69 Å². The van der Waals surface area contributed by atoms with Crippen molar-refractivity contribution in [2.45, 2.75) is 51.6 Å². The molecule has 1 fully saturated rings. The van der Waals surface area contributed by atoms with Crippen LogP contribution >= 0.6 is 0 Å². The van der Waals surface area contributed by atoms with Crippen LogP contribution in [0.3, 0.4) is 0 Å². The van der Waals surface area contributed by atoms with E-state index >= 15 is 0 Å². The molecule has 118 valence electrons. The molecule has 1 aliphatic carbocycles. The number of hydrogen-bond acceptors (Lipinski definition) is 4. The molecular weight excluding hydrogens is 266 g/mol. The first-order valence-corrected chi connectivity index (χ1v) is 7.78. The first kappa shape index (κ1) is 16.0. The number of ether oxygens (including phenoxy) is 1. The molecule has 2 atom stereocenters. The molecule has 1 heterocycles. The minimum absolute atomic E-state index is 0.148. The Hall–Kier alpha value is -1.36. The first-order chi connectivity index (χ1) is 9.96. The Morgan fingerprint density at radius 2 is 2.29 bits per heavy atom. The minimum Gasteiger partial charge on any atom is -0.493 e. The van der Waals surface area contributed by atoms with Gasteiger partial charge in [-0.15, -0.1) is 0 Å². The molecule has 2 rings (SSSR count). The summed E-state index contributed by atoms with van der Waals surface area (Å²) < 4.78 is 7.12. The number of likely N-dealkylation sites (N-methyl/N-ethyl adjacent to an activating group) is 1. The van der Waals surface area contributed by atoms with Gasteiger partial charge in [0.05, 0.1) is 18.8 Å². The molecule has 0 radical (unpaired) electrons. The fraction of sp³-hybridized carbons (Fsp3) is 0.750. The Kier molecular flexibility index (Phi) is 4.71. The van der Waals surface area contributed by atoms with Gasteiger partial charge in [-0.2, -0.15) is 5.10 Å². The lowest BCUT2D eigenvalue weighted by molar-refractivity contribution is 0.0472. The summed E-state index contributed by atoms with van der Waals surface area (Å²) in [4.78, 5) is 15.4. The lowest BCUT2D eigenvalue weighted by atomic mass is 9.72. The average Bonchev–Trinajstić information content (AvgIpc) is 2.88. The van der Waals surface area contributed by atoms with E-state index in [0.29, 0.717) is 23.9 Å². The SMILES string of the molecule is CCn1ncc(OC)c1C(=O)C1(N(C)C)CCCC(C)C1. The number of hydrogen-bond donors (Lipinski definition) is 0. The average molecular weight is 293 g/mol. The number of rotatable bonds is 5. The van der Waals surface area contributed by atoms with Crippen LogP contribution in [0.1, 0.15) is 50.0 Å². The van der Waals surface area contributed by atoms with Crippen molar-refractivity contribution in [1.82, 2.24) is 14.7 Å². The van der Waals surface area contributed by atoms with Crippen LogP contribution < -0.4 is 4.74 Å². The summed E-state index contributed by atoms with van der Waals surface area (Å²) in [6.07, 6.45) is 5.74. The third-order valence-corrected chi connectivity index (χ3v) is 4.79. The highest BCUT2D eigenvalue weighted by molar-refractivity contribution is 6.04. The van der Waals surface area contributed by atoms with Gasteiger partial charge in [0.2, 0.25) is 5.78 Å². The fourth-order valence-electron chi connectivity index (χ4n) is 3.55. The normalized spacial score (nSPS) is 26.1. The van der Waals surface area contributed by atoms with Crippen LogP contribution in [-0.4, -0.2) is 47.2 Å². The summed E-state index contributed by atoms with van der Waals surface area (Å²) in [7, 11) is 5.61. The molecule has 1 aliphatic rings. The molecular formula is C16H27N3O2. The molecule has 0 aromatic carbocycles. The highest BCUT2D eigenvalue weighted by Gasteiger charge is 2.46. The largest absolute Gasteiger partial charge is 0.493 e. The smallest absolute Gasteiger partial charge is 0.204 e. The van der Waals surface area contributed by atoms with Crippen molar-refractivity contribution >= 4 is 5.78 Å². The molecule has 1 aromatic heterocycles. The van der Waals surface area contributed by atoms with Gasteiger partial charge in [-0.25, -0.2) is 0 Å². The molecule has 0 spiro atoms. The summed E-state index contributed by atoms with van der Waals surface area (Å²) in [6, 6.07) is 0. The molecule has 2 unspecified atom stereocenters. The van der Waals surface area contributed by atoms with E-state index in [-0.39, 0.29) is 5.78 Å². The molecule has 21 heavy (non-hydrogen) atoms. The van der Waals surface area contributed by atoms with Crippen LogP contribution in [0.25, 0.3) is 0 Å². The van der Waals surface area contributed by atoms with Crippen molar-refractivity contribution < 1.29 is 9.53 Å². The van der Waals surface area contributed by atoms with Gasteiger partial charge in [-0.05, 0) is 39.8 Å². The maximum atomic E-state index is 13.3.